The minimum Gasteiger partial charge on any atom is -0.314 e. The van der Waals surface area contributed by atoms with Crippen molar-refractivity contribution in [2.75, 3.05) is 19.6 Å². The van der Waals surface area contributed by atoms with Crippen LogP contribution in [0.4, 0.5) is 0 Å². The van der Waals surface area contributed by atoms with E-state index in [0.29, 0.717) is 5.54 Å². The van der Waals surface area contributed by atoms with Gasteiger partial charge in [0.1, 0.15) is 0 Å². The van der Waals surface area contributed by atoms with E-state index in [9.17, 15) is 0 Å². The van der Waals surface area contributed by atoms with Gasteiger partial charge in [0, 0.05) is 31.7 Å². The minimum atomic E-state index is 0.451. The van der Waals surface area contributed by atoms with Crippen LogP contribution < -0.4 is 5.32 Å². The first kappa shape index (κ1) is 12.2. The maximum Gasteiger partial charge on any atom is 0.0338 e. The summed E-state index contributed by atoms with van der Waals surface area (Å²) in [4.78, 5) is 2.75. The standard InChI is InChI=1S/C16H24N2/c1-3-7-15(8-4-1)13-18-12-11-17-14-16(18)9-5-2-6-10-16/h1,3-4,7-8,17H,2,5-6,9-14H2. The smallest absolute Gasteiger partial charge is 0.0338 e. The van der Waals surface area contributed by atoms with Gasteiger partial charge in [0.05, 0.1) is 0 Å². The van der Waals surface area contributed by atoms with E-state index in [0.717, 1.165) is 13.1 Å². The molecule has 2 fully saturated rings. The number of hydrogen-bond donors (Lipinski definition) is 1. The van der Waals surface area contributed by atoms with Gasteiger partial charge in [0.2, 0.25) is 0 Å². The highest BCUT2D eigenvalue weighted by Crippen LogP contribution is 2.35. The SMILES string of the molecule is c1ccc(CN2CCNCC23CCCCC3)cc1. The molecule has 0 radical (unpaired) electrons. The van der Waals surface area contributed by atoms with Gasteiger partial charge in [-0.2, -0.15) is 0 Å². The van der Waals surface area contributed by atoms with Crippen molar-refractivity contribution >= 4 is 0 Å². The van der Waals surface area contributed by atoms with Crippen LogP contribution in [-0.4, -0.2) is 30.1 Å². The molecule has 2 heteroatoms. The molecule has 1 saturated heterocycles. The van der Waals surface area contributed by atoms with Crippen molar-refractivity contribution in [3.05, 3.63) is 35.9 Å². The minimum absolute atomic E-state index is 0.451. The summed E-state index contributed by atoms with van der Waals surface area (Å²) in [6.45, 7) is 4.67. The van der Waals surface area contributed by atoms with E-state index >= 15 is 0 Å². The molecule has 2 aliphatic rings. The van der Waals surface area contributed by atoms with Crippen molar-refractivity contribution in [2.24, 2.45) is 0 Å². The Morgan fingerprint density at radius 2 is 1.83 bits per heavy atom. The number of hydrogen-bond acceptors (Lipinski definition) is 2. The number of nitrogens with zero attached hydrogens (tertiary/aromatic N) is 1. The fourth-order valence-corrected chi connectivity index (χ4v) is 3.64. The summed E-state index contributed by atoms with van der Waals surface area (Å²) < 4.78 is 0. The molecular weight excluding hydrogens is 220 g/mol. The fourth-order valence-electron chi connectivity index (χ4n) is 3.64. The Labute approximate surface area is 110 Å². The van der Waals surface area contributed by atoms with Gasteiger partial charge in [-0.3, -0.25) is 4.90 Å². The maximum atomic E-state index is 3.62. The second-order valence-electron chi connectivity index (χ2n) is 5.87. The highest BCUT2D eigenvalue weighted by Gasteiger charge is 2.39. The summed E-state index contributed by atoms with van der Waals surface area (Å²) in [7, 11) is 0. The molecule has 18 heavy (non-hydrogen) atoms. The second-order valence-corrected chi connectivity index (χ2v) is 5.87. The Morgan fingerprint density at radius 1 is 1.06 bits per heavy atom. The molecule has 3 rings (SSSR count). The van der Waals surface area contributed by atoms with Crippen LogP contribution in [0.2, 0.25) is 0 Å². The first-order valence-electron chi connectivity index (χ1n) is 7.39. The average Bonchev–Trinajstić information content (AvgIpc) is 2.44. The number of benzene rings is 1. The molecule has 1 heterocycles. The largest absolute Gasteiger partial charge is 0.314 e. The zero-order valence-electron chi connectivity index (χ0n) is 11.2. The van der Waals surface area contributed by atoms with Crippen LogP contribution in [0.3, 0.4) is 0 Å². The predicted octanol–water partition coefficient (Wildman–Crippen LogP) is 2.79. The molecule has 1 aliphatic carbocycles. The zero-order valence-corrected chi connectivity index (χ0v) is 11.2. The van der Waals surface area contributed by atoms with Gasteiger partial charge >= 0.3 is 0 Å². The van der Waals surface area contributed by atoms with Crippen LogP contribution in [0.1, 0.15) is 37.7 Å². The molecule has 1 N–H and O–H groups in total. The van der Waals surface area contributed by atoms with E-state index in [2.05, 4.69) is 40.5 Å². The molecule has 0 amide bonds. The Hall–Kier alpha value is -0.860. The summed E-state index contributed by atoms with van der Waals surface area (Å²) >= 11 is 0. The summed E-state index contributed by atoms with van der Waals surface area (Å²) in [6.07, 6.45) is 7.01. The lowest BCUT2D eigenvalue weighted by molar-refractivity contribution is 0.0209. The maximum absolute atomic E-state index is 3.62. The van der Waals surface area contributed by atoms with Crippen LogP contribution in [0.25, 0.3) is 0 Å². The van der Waals surface area contributed by atoms with Gasteiger partial charge < -0.3 is 5.32 Å². The van der Waals surface area contributed by atoms with Gasteiger partial charge in [-0.15, -0.1) is 0 Å². The molecule has 1 aliphatic heterocycles. The van der Waals surface area contributed by atoms with Crippen molar-refractivity contribution in [2.45, 2.75) is 44.2 Å². The normalized spacial score (nSPS) is 24.2. The van der Waals surface area contributed by atoms with Crippen LogP contribution in [-0.2, 0) is 6.54 Å². The van der Waals surface area contributed by atoms with Gasteiger partial charge in [0.25, 0.3) is 0 Å². The highest BCUT2D eigenvalue weighted by atomic mass is 15.3. The first-order valence-corrected chi connectivity index (χ1v) is 7.39. The van der Waals surface area contributed by atoms with Gasteiger partial charge in [-0.05, 0) is 18.4 Å². The molecule has 0 bridgehead atoms. The van der Waals surface area contributed by atoms with Crippen molar-refractivity contribution < 1.29 is 0 Å². The first-order chi connectivity index (χ1) is 8.89. The molecular formula is C16H24N2. The predicted molar refractivity (Wildman–Crippen MR) is 75.5 cm³/mol. The molecule has 0 atom stereocenters. The topological polar surface area (TPSA) is 15.3 Å². The third-order valence-corrected chi connectivity index (χ3v) is 4.68. The number of rotatable bonds is 2. The number of piperazine rings is 1. The lowest BCUT2D eigenvalue weighted by atomic mass is 9.79. The molecule has 0 aromatic heterocycles. The van der Waals surface area contributed by atoms with Crippen LogP contribution in [0, 0.1) is 0 Å². The Balaban J connectivity index is 1.75. The summed E-state index contributed by atoms with van der Waals surface area (Å²) in [5, 5.41) is 3.62. The van der Waals surface area contributed by atoms with Crippen molar-refractivity contribution in [1.82, 2.24) is 10.2 Å². The zero-order chi connectivity index (χ0) is 12.3. The van der Waals surface area contributed by atoms with Crippen LogP contribution in [0.5, 0.6) is 0 Å². The molecule has 1 saturated carbocycles. The van der Waals surface area contributed by atoms with Crippen molar-refractivity contribution in [3.8, 4) is 0 Å². The van der Waals surface area contributed by atoms with E-state index in [4.69, 9.17) is 0 Å². The van der Waals surface area contributed by atoms with E-state index in [1.165, 1.54) is 50.8 Å². The summed E-state index contributed by atoms with van der Waals surface area (Å²) in [5.74, 6) is 0. The summed E-state index contributed by atoms with van der Waals surface area (Å²) in [6, 6.07) is 10.9. The molecule has 98 valence electrons. The third kappa shape index (κ3) is 2.45. The third-order valence-electron chi connectivity index (χ3n) is 4.68. The lowest BCUT2D eigenvalue weighted by Crippen LogP contribution is -2.61. The van der Waals surface area contributed by atoms with E-state index in [1.807, 2.05) is 0 Å². The lowest BCUT2D eigenvalue weighted by Gasteiger charge is -2.50. The molecule has 1 aromatic carbocycles. The van der Waals surface area contributed by atoms with Crippen molar-refractivity contribution in [1.29, 1.82) is 0 Å². The highest BCUT2D eigenvalue weighted by molar-refractivity contribution is 5.15. The molecule has 1 spiro atoms. The Morgan fingerprint density at radius 3 is 2.61 bits per heavy atom. The van der Waals surface area contributed by atoms with Crippen LogP contribution in [0.15, 0.2) is 30.3 Å². The second kappa shape index (κ2) is 5.41. The van der Waals surface area contributed by atoms with E-state index in [1.54, 1.807) is 0 Å². The average molecular weight is 244 g/mol. The monoisotopic (exact) mass is 244 g/mol. The van der Waals surface area contributed by atoms with Gasteiger partial charge in [-0.1, -0.05) is 49.6 Å². The van der Waals surface area contributed by atoms with Crippen molar-refractivity contribution in [3.63, 3.8) is 0 Å². The Bertz CT molecular complexity index is 360. The molecule has 0 unspecified atom stereocenters. The molecule has 2 nitrogen and oxygen atoms in total. The van der Waals surface area contributed by atoms with Gasteiger partial charge in [-0.25, -0.2) is 0 Å². The quantitative estimate of drug-likeness (QED) is 0.860. The summed E-state index contributed by atoms with van der Waals surface area (Å²) in [5.41, 5.74) is 1.91. The van der Waals surface area contributed by atoms with E-state index in [-0.39, 0.29) is 0 Å². The fraction of sp³-hybridized carbons (Fsp3) is 0.625. The van der Waals surface area contributed by atoms with Crippen LogP contribution >= 0.6 is 0 Å². The Kier molecular flexibility index (Phi) is 3.67. The molecule has 1 aromatic rings. The number of nitrogens with one attached hydrogen (secondary N) is 1. The van der Waals surface area contributed by atoms with E-state index < -0.39 is 0 Å². The van der Waals surface area contributed by atoms with Gasteiger partial charge in [0.15, 0.2) is 0 Å².